The Morgan fingerprint density at radius 2 is 1.51 bits per heavy atom. The predicted octanol–water partition coefficient (Wildman–Crippen LogP) is 7.19. The molecule has 0 unspecified atom stereocenters. The fourth-order valence-corrected chi connectivity index (χ4v) is 4.40. The maximum Gasteiger partial charge on any atom is 0.340 e. The zero-order valence-electron chi connectivity index (χ0n) is 20.1. The number of benzene rings is 3. The quantitative estimate of drug-likeness (QED) is 0.323. The predicted molar refractivity (Wildman–Crippen MR) is 136 cm³/mol. The first-order valence-corrected chi connectivity index (χ1v) is 11.4. The van der Waals surface area contributed by atoms with E-state index < -0.39 is 17.4 Å². The van der Waals surface area contributed by atoms with Gasteiger partial charge in [0.15, 0.2) is 0 Å². The highest BCUT2D eigenvalue weighted by Crippen LogP contribution is 2.41. The van der Waals surface area contributed by atoms with Crippen molar-refractivity contribution in [3.05, 3.63) is 107 Å². The van der Waals surface area contributed by atoms with E-state index in [9.17, 15) is 9.18 Å². The Morgan fingerprint density at radius 3 is 2.17 bits per heavy atom. The fourth-order valence-electron chi connectivity index (χ4n) is 4.40. The normalized spacial score (nSPS) is 14.0. The number of carbonyl (C=O) groups excluding carboxylic acids is 1. The molecule has 3 aromatic carbocycles. The number of rotatable bonds is 4. The van der Waals surface area contributed by atoms with Gasteiger partial charge in [-0.05, 0) is 86.0 Å². The number of nitrogens with one attached hydrogen (secondary N) is 1. The number of methoxy groups -OCH3 is 1. The van der Waals surface area contributed by atoms with Gasteiger partial charge in [-0.3, -0.25) is 0 Å². The maximum atomic E-state index is 14.4. The number of halogens is 1. The molecule has 5 heteroatoms. The highest BCUT2D eigenvalue weighted by molar-refractivity contribution is 5.90. The minimum atomic E-state index is -0.696. The van der Waals surface area contributed by atoms with Gasteiger partial charge in [-0.25, -0.2) is 9.18 Å². The first-order valence-electron chi connectivity index (χ1n) is 11.4. The standard InChI is InChI=1S/C30H26FNO3/c1-18-5-7-19(8-6-18)24-17-30(2,3)35-28-14-10-20(15-23(24)28)26-12-13-27(32-26)21-9-11-22(25(31)16-21)29(33)34-4/h5-17,32H,1-4H3. The number of aryl methyl sites for hydroxylation is 1. The number of aromatic nitrogens is 1. The van der Waals surface area contributed by atoms with Crippen molar-refractivity contribution >= 4 is 11.5 Å². The lowest BCUT2D eigenvalue weighted by Crippen LogP contribution is -2.29. The molecule has 5 rings (SSSR count). The Hall–Kier alpha value is -4.12. The number of hydrogen-bond donors (Lipinski definition) is 1. The van der Waals surface area contributed by atoms with Gasteiger partial charge in [0.1, 0.15) is 17.2 Å². The fraction of sp³-hybridized carbons (Fsp3) is 0.167. The third kappa shape index (κ3) is 4.37. The lowest BCUT2D eigenvalue weighted by atomic mass is 9.88. The molecule has 35 heavy (non-hydrogen) atoms. The van der Waals surface area contributed by atoms with Crippen molar-refractivity contribution in [2.75, 3.05) is 7.11 Å². The number of hydrogen-bond acceptors (Lipinski definition) is 3. The number of H-pyrrole nitrogens is 1. The van der Waals surface area contributed by atoms with Crippen LogP contribution in [0.25, 0.3) is 28.1 Å². The maximum absolute atomic E-state index is 14.4. The van der Waals surface area contributed by atoms with Crippen LogP contribution < -0.4 is 4.74 Å². The molecule has 0 saturated carbocycles. The molecule has 0 aliphatic carbocycles. The van der Waals surface area contributed by atoms with Gasteiger partial charge in [0.2, 0.25) is 0 Å². The Bertz CT molecular complexity index is 1460. The number of aromatic amines is 1. The molecule has 4 nitrogen and oxygen atoms in total. The van der Waals surface area contributed by atoms with Crippen LogP contribution in [0.1, 0.15) is 40.9 Å². The molecule has 1 N–H and O–H groups in total. The van der Waals surface area contributed by atoms with Crippen molar-refractivity contribution in [1.82, 2.24) is 4.98 Å². The lowest BCUT2D eigenvalue weighted by Gasteiger charge is -2.31. The van der Waals surface area contributed by atoms with E-state index in [2.05, 4.69) is 66.9 Å². The molecular weight excluding hydrogens is 441 g/mol. The second kappa shape index (κ2) is 8.58. The Balaban J connectivity index is 1.52. The molecule has 1 aliphatic rings. The van der Waals surface area contributed by atoms with Crippen LogP contribution in [0.2, 0.25) is 0 Å². The van der Waals surface area contributed by atoms with E-state index in [1.807, 2.05) is 24.3 Å². The van der Waals surface area contributed by atoms with Crippen LogP contribution in [0.5, 0.6) is 5.75 Å². The monoisotopic (exact) mass is 467 g/mol. The molecule has 0 radical (unpaired) electrons. The van der Waals surface area contributed by atoms with Crippen molar-refractivity contribution in [3.63, 3.8) is 0 Å². The Labute approximate surface area is 204 Å². The number of ether oxygens (including phenoxy) is 2. The van der Waals surface area contributed by atoms with Gasteiger partial charge >= 0.3 is 5.97 Å². The van der Waals surface area contributed by atoms with Crippen molar-refractivity contribution in [1.29, 1.82) is 0 Å². The average molecular weight is 468 g/mol. The van der Waals surface area contributed by atoms with E-state index in [1.165, 1.54) is 24.8 Å². The summed E-state index contributed by atoms with van der Waals surface area (Å²) in [5.74, 6) is -0.478. The molecule has 4 aromatic rings. The van der Waals surface area contributed by atoms with Gasteiger partial charge in [0.05, 0.1) is 12.7 Å². The van der Waals surface area contributed by atoms with Crippen LogP contribution >= 0.6 is 0 Å². The van der Waals surface area contributed by atoms with Gasteiger partial charge < -0.3 is 14.5 Å². The van der Waals surface area contributed by atoms with Crippen LogP contribution in [0.15, 0.2) is 78.9 Å². The Morgan fingerprint density at radius 1 is 0.886 bits per heavy atom. The van der Waals surface area contributed by atoms with E-state index in [1.54, 1.807) is 6.07 Å². The highest BCUT2D eigenvalue weighted by Gasteiger charge is 2.27. The summed E-state index contributed by atoms with van der Waals surface area (Å²) in [6.07, 6.45) is 2.16. The van der Waals surface area contributed by atoms with Crippen LogP contribution in [0, 0.1) is 12.7 Å². The molecular formula is C30H26FNO3. The molecule has 1 aliphatic heterocycles. The zero-order valence-corrected chi connectivity index (χ0v) is 20.1. The second-order valence-electron chi connectivity index (χ2n) is 9.31. The number of fused-ring (bicyclic) bond motifs is 1. The van der Waals surface area contributed by atoms with E-state index in [4.69, 9.17) is 4.74 Å². The van der Waals surface area contributed by atoms with Crippen LogP contribution in [0.3, 0.4) is 0 Å². The molecule has 1 aromatic heterocycles. The summed E-state index contributed by atoms with van der Waals surface area (Å²) in [6.45, 7) is 6.19. The minimum Gasteiger partial charge on any atom is -0.483 e. The van der Waals surface area contributed by atoms with Crippen LogP contribution in [-0.4, -0.2) is 23.7 Å². The van der Waals surface area contributed by atoms with Gasteiger partial charge in [-0.2, -0.15) is 0 Å². The summed E-state index contributed by atoms with van der Waals surface area (Å²) < 4.78 is 25.3. The van der Waals surface area contributed by atoms with E-state index in [-0.39, 0.29) is 5.56 Å². The molecule has 0 fully saturated rings. The van der Waals surface area contributed by atoms with Crippen LogP contribution in [0.4, 0.5) is 4.39 Å². The number of esters is 1. The van der Waals surface area contributed by atoms with Gasteiger partial charge in [-0.15, -0.1) is 0 Å². The summed E-state index contributed by atoms with van der Waals surface area (Å²) >= 11 is 0. The SMILES string of the molecule is COC(=O)c1ccc(-c2ccc(-c3ccc4c(c3)C(c3ccc(C)cc3)=CC(C)(C)O4)[nH]2)cc1F. The zero-order chi connectivity index (χ0) is 24.7. The molecule has 176 valence electrons. The molecule has 0 amide bonds. The summed E-state index contributed by atoms with van der Waals surface area (Å²) in [6, 6.07) is 23.0. The molecule has 0 spiro atoms. The van der Waals surface area contributed by atoms with Gasteiger partial charge in [0.25, 0.3) is 0 Å². The van der Waals surface area contributed by atoms with Crippen molar-refractivity contribution in [3.8, 4) is 28.3 Å². The summed E-state index contributed by atoms with van der Waals surface area (Å²) in [5, 5.41) is 0. The molecule has 0 saturated heterocycles. The van der Waals surface area contributed by atoms with Crippen molar-refractivity contribution in [2.45, 2.75) is 26.4 Å². The van der Waals surface area contributed by atoms with E-state index in [0.29, 0.717) is 5.56 Å². The van der Waals surface area contributed by atoms with Gasteiger partial charge in [-0.1, -0.05) is 35.9 Å². The van der Waals surface area contributed by atoms with E-state index in [0.717, 1.165) is 39.4 Å². The van der Waals surface area contributed by atoms with Crippen molar-refractivity contribution < 1.29 is 18.7 Å². The third-order valence-corrected chi connectivity index (χ3v) is 6.18. The second-order valence-corrected chi connectivity index (χ2v) is 9.31. The summed E-state index contributed by atoms with van der Waals surface area (Å²) in [5.41, 5.74) is 7.27. The largest absolute Gasteiger partial charge is 0.483 e. The highest BCUT2D eigenvalue weighted by atomic mass is 19.1. The first-order chi connectivity index (χ1) is 16.7. The summed E-state index contributed by atoms with van der Waals surface area (Å²) in [7, 11) is 1.23. The molecule has 2 heterocycles. The topological polar surface area (TPSA) is 51.3 Å². The lowest BCUT2D eigenvalue weighted by molar-refractivity contribution is 0.0595. The number of carbonyl (C=O) groups is 1. The van der Waals surface area contributed by atoms with E-state index >= 15 is 0 Å². The van der Waals surface area contributed by atoms with Gasteiger partial charge in [0, 0.05) is 22.5 Å². The molecule has 0 bridgehead atoms. The molecule has 0 atom stereocenters. The smallest absolute Gasteiger partial charge is 0.340 e. The summed E-state index contributed by atoms with van der Waals surface area (Å²) in [4.78, 5) is 15.1. The van der Waals surface area contributed by atoms with Crippen molar-refractivity contribution in [2.24, 2.45) is 0 Å². The van der Waals surface area contributed by atoms with Crippen LogP contribution in [-0.2, 0) is 4.74 Å². The first kappa shape index (κ1) is 22.7. The Kier molecular flexibility index (Phi) is 5.56. The minimum absolute atomic E-state index is 0.0870. The average Bonchev–Trinajstić information content (AvgIpc) is 3.33. The third-order valence-electron chi connectivity index (χ3n) is 6.18.